The minimum atomic E-state index is -0.0702. The molecular formula is C21H19N5OS. The highest BCUT2D eigenvalue weighted by Crippen LogP contribution is 2.26. The highest BCUT2D eigenvalue weighted by molar-refractivity contribution is 8.00. The number of aryl methyl sites for hydroxylation is 2. The standard InChI is InChI=1S/C21H19N5OS/c1-14-8-9-18(15(2)10-14)25-19(27)12-28-21-17-11-24-26(20(17)22-13-23-21)16-6-4-3-5-7-16/h3-11,13H,12H2,1-2H3,(H,25,27). The Hall–Kier alpha value is -3.19. The maximum atomic E-state index is 12.4. The highest BCUT2D eigenvalue weighted by Gasteiger charge is 2.13. The zero-order valence-corrected chi connectivity index (χ0v) is 16.4. The first-order valence-corrected chi connectivity index (χ1v) is 9.84. The molecule has 0 saturated heterocycles. The normalized spacial score (nSPS) is 10.9. The Morgan fingerprint density at radius 2 is 1.93 bits per heavy atom. The van der Waals surface area contributed by atoms with E-state index in [0.717, 1.165) is 33.0 Å². The van der Waals surface area contributed by atoms with Crippen LogP contribution in [-0.4, -0.2) is 31.4 Å². The molecule has 1 amide bonds. The van der Waals surface area contributed by atoms with Gasteiger partial charge in [0, 0.05) is 5.69 Å². The maximum absolute atomic E-state index is 12.4. The minimum absolute atomic E-state index is 0.0702. The number of anilines is 1. The van der Waals surface area contributed by atoms with Crippen molar-refractivity contribution in [2.24, 2.45) is 0 Å². The third-order valence-corrected chi connectivity index (χ3v) is 5.33. The molecule has 0 radical (unpaired) electrons. The zero-order chi connectivity index (χ0) is 19.5. The smallest absolute Gasteiger partial charge is 0.234 e. The number of aromatic nitrogens is 4. The largest absolute Gasteiger partial charge is 0.325 e. The summed E-state index contributed by atoms with van der Waals surface area (Å²) in [5.74, 6) is 0.190. The second kappa shape index (κ2) is 7.82. The predicted octanol–water partition coefficient (Wildman–Crippen LogP) is 4.16. The molecule has 4 rings (SSSR count). The summed E-state index contributed by atoms with van der Waals surface area (Å²) < 4.78 is 1.77. The molecule has 0 aliphatic rings. The summed E-state index contributed by atoms with van der Waals surface area (Å²) in [6.07, 6.45) is 3.25. The average molecular weight is 389 g/mol. The molecule has 2 aromatic carbocycles. The molecule has 0 unspecified atom stereocenters. The van der Waals surface area contributed by atoms with E-state index < -0.39 is 0 Å². The molecule has 140 valence electrons. The van der Waals surface area contributed by atoms with Crippen molar-refractivity contribution in [2.75, 3.05) is 11.1 Å². The number of fused-ring (bicyclic) bond motifs is 1. The molecule has 6 nitrogen and oxygen atoms in total. The van der Waals surface area contributed by atoms with E-state index in [4.69, 9.17) is 0 Å². The summed E-state index contributed by atoms with van der Waals surface area (Å²) in [5.41, 5.74) is 4.70. The predicted molar refractivity (Wildman–Crippen MR) is 112 cm³/mol. The van der Waals surface area contributed by atoms with Crippen LogP contribution in [0.2, 0.25) is 0 Å². The molecule has 0 saturated carbocycles. The van der Waals surface area contributed by atoms with Gasteiger partial charge in [-0.15, -0.1) is 0 Å². The zero-order valence-electron chi connectivity index (χ0n) is 15.6. The summed E-state index contributed by atoms with van der Waals surface area (Å²) in [6.45, 7) is 4.02. The van der Waals surface area contributed by atoms with Gasteiger partial charge in [-0.3, -0.25) is 4.79 Å². The molecule has 2 heterocycles. The van der Waals surface area contributed by atoms with Gasteiger partial charge in [0.1, 0.15) is 11.4 Å². The highest BCUT2D eigenvalue weighted by atomic mass is 32.2. The van der Waals surface area contributed by atoms with Crippen molar-refractivity contribution in [3.63, 3.8) is 0 Å². The van der Waals surface area contributed by atoms with E-state index in [1.165, 1.54) is 23.7 Å². The monoisotopic (exact) mass is 389 g/mol. The van der Waals surface area contributed by atoms with Crippen LogP contribution in [0.25, 0.3) is 16.7 Å². The number of nitrogens with zero attached hydrogens (tertiary/aromatic N) is 4. The molecule has 4 aromatic rings. The Morgan fingerprint density at radius 1 is 1.11 bits per heavy atom. The lowest BCUT2D eigenvalue weighted by atomic mass is 10.1. The molecule has 0 atom stereocenters. The lowest BCUT2D eigenvalue weighted by molar-refractivity contribution is -0.113. The van der Waals surface area contributed by atoms with Crippen molar-refractivity contribution in [3.05, 3.63) is 72.2 Å². The van der Waals surface area contributed by atoms with Gasteiger partial charge >= 0.3 is 0 Å². The van der Waals surface area contributed by atoms with E-state index in [1.54, 1.807) is 10.9 Å². The summed E-state index contributed by atoms with van der Waals surface area (Å²) in [6, 6.07) is 15.8. The molecule has 1 N–H and O–H groups in total. The van der Waals surface area contributed by atoms with E-state index in [0.29, 0.717) is 0 Å². The summed E-state index contributed by atoms with van der Waals surface area (Å²) in [5, 5.41) is 8.97. The van der Waals surface area contributed by atoms with Crippen molar-refractivity contribution in [3.8, 4) is 5.69 Å². The van der Waals surface area contributed by atoms with Gasteiger partial charge in [-0.1, -0.05) is 47.7 Å². The Kier molecular flexibility index (Phi) is 5.08. The molecule has 7 heteroatoms. The maximum Gasteiger partial charge on any atom is 0.234 e. The molecule has 0 bridgehead atoms. The number of carbonyl (C=O) groups is 1. The number of amides is 1. The number of hydrogen-bond donors (Lipinski definition) is 1. The van der Waals surface area contributed by atoms with Crippen molar-refractivity contribution in [1.29, 1.82) is 0 Å². The SMILES string of the molecule is Cc1ccc(NC(=O)CSc2ncnc3c2cnn3-c2ccccc2)c(C)c1. The fraction of sp³-hybridized carbons (Fsp3) is 0.143. The second-order valence-corrected chi connectivity index (χ2v) is 7.43. The van der Waals surface area contributed by atoms with Gasteiger partial charge in [0.25, 0.3) is 0 Å². The molecule has 0 aliphatic carbocycles. The van der Waals surface area contributed by atoms with Crippen LogP contribution in [0.15, 0.2) is 66.1 Å². The number of carbonyl (C=O) groups excluding carboxylic acids is 1. The minimum Gasteiger partial charge on any atom is -0.325 e. The molecular weight excluding hydrogens is 370 g/mol. The van der Waals surface area contributed by atoms with E-state index in [2.05, 4.69) is 26.4 Å². The van der Waals surface area contributed by atoms with Crippen LogP contribution in [-0.2, 0) is 4.79 Å². The number of rotatable bonds is 5. The van der Waals surface area contributed by atoms with Gasteiger partial charge in [-0.2, -0.15) is 5.10 Å². The van der Waals surface area contributed by atoms with Crippen LogP contribution < -0.4 is 5.32 Å². The van der Waals surface area contributed by atoms with Crippen molar-refractivity contribution in [2.45, 2.75) is 18.9 Å². The number of hydrogen-bond acceptors (Lipinski definition) is 5. The topological polar surface area (TPSA) is 72.7 Å². The second-order valence-electron chi connectivity index (χ2n) is 6.46. The third-order valence-electron chi connectivity index (χ3n) is 4.33. The van der Waals surface area contributed by atoms with Crippen LogP contribution in [0, 0.1) is 13.8 Å². The fourth-order valence-electron chi connectivity index (χ4n) is 2.97. The van der Waals surface area contributed by atoms with Crippen LogP contribution in [0.3, 0.4) is 0 Å². The van der Waals surface area contributed by atoms with Gasteiger partial charge < -0.3 is 5.32 Å². The van der Waals surface area contributed by atoms with Gasteiger partial charge in [-0.25, -0.2) is 14.6 Å². The van der Waals surface area contributed by atoms with E-state index in [-0.39, 0.29) is 11.7 Å². The fourth-order valence-corrected chi connectivity index (χ4v) is 3.73. The van der Waals surface area contributed by atoms with Gasteiger partial charge in [-0.05, 0) is 37.6 Å². The third kappa shape index (κ3) is 3.75. The number of nitrogens with one attached hydrogen (secondary N) is 1. The van der Waals surface area contributed by atoms with E-state index in [1.807, 2.05) is 56.3 Å². The Bertz CT molecular complexity index is 1140. The van der Waals surface area contributed by atoms with Crippen molar-refractivity contribution < 1.29 is 4.79 Å². The van der Waals surface area contributed by atoms with Gasteiger partial charge in [0.2, 0.25) is 5.91 Å². The molecule has 0 spiro atoms. The summed E-state index contributed by atoms with van der Waals surface area (Å²) >= 11 is 1.38. The van der Waals surface area contributed by atoms with Crippen LogP contribution >= 0.6 is 11.8 Å². The first-order valence-electron chi connectivity index (χ1n) is 8.86. The Labute approximate surface area is 167 Å². The van der Waals surface area contributed by atoms with Crippen LogP contribution in [0.4, 0.5) is 5.69 Å². The van der Waals surface area contributed by atoms with Crippen molar-refractivity contribution >= 4 is 34.4 Å². The van der Waals surface area contributed by atoms with Crippen LogP contribution in [0.1, 0.15) is 11.1 Å². The Morgan fingerprint density at radius 3 is 2.71 bits per heavy atom. The number of benzene rings is 2. The van der Waals surface area contributed by atoms with Crippen molar-refractivity contribution in [1.82, 2.24) is 19.7 Å². The van der Waals surface area contributed by atoms with E-state index in [9.17, 15) is 4.79 Å². The lowest BCUT2D eigenvalue weighted by Crippen LogP contribution is -2.15. The summed E-state index contributed by atoms with van der Waals surface area (Å²) in [7, 11) is 0. The first-order chi connectivity index (χ1) is 13.6. The van der Waals surface area contributed by atoms with E-state index >= 15 is 0 Å². The lowest BCUT2D eigenvalue weighted by Gasteiger charge is -2.09. The number of thioether (sulfide) groups is 1. The van der Waals surface area contributed by atoms with Gasteiger partial charge in [0.15, 0.2) is 5.65 Å². The van der Waals surface area contributed by atoms with Crippen LogP contribution in [0.5, 0.6) is 0 Å². The quantitative estimate of drug-likeness (QED) is 0.410. The van der Waals surface area contributed by atoms with Gasteiger partial charge in [0.05, 0.1) is 23.0 Å². The molecule has 0 aliphatic heterocycles. The molecule has 0 fully saturated rings. The first kappa shape index (κ1) is 18.2. The molecule has 28 heavy (non-hydrogen) atoms. The average Bonchev–Trinajstić information content (AvgIpc) is 3.14. The summed E-state index contributed by atoms with van der Waals surface area (Å²) in [4.78, 5) is 21.1. The molecule has 2 aromatic heterocycles. The number of para-hydroxylation sites is 1. The Balaban J connectivity index is 1.51.